The zero-order valence-corrected chi connectivity index (χ0v) is 7.88. The molecule has 1 fully saturated rings. The van der Waals surface area contributed by atoms with E-state index in [1.807, 2.05) is 6.92 Å². The highest BCUT2D eigenvalue weighted by atomic mass is 16.7. The molecule has 0 aromatic heterocycles. The normalized spacial score (nSPS) is 35.8. The minimum Gasteiger partial charge on any atom is -0.396 e. The van der Waals surface area contributed by atoms with Gasteiger partial charge in [0.1, 0.15) is 0 Å². The first kappa shape index (κ1) is 9.96. The smallest absolute Gasteiger partial charge is 0.165 e. The molecule has 1 N–H and O–H groups in total. The van der Waals surface area contributed by atoms with Crippen molar-refractivity contribution in [3.63, 3.8) is 0 Å². The maximum Gasteiger partial charge on any atom is 0.165 e. The molecule has 0 saturated carbocycles. The largest absolute Gasteiger partial charge is 0.396 e. The van der Waals surface area contributed by atoms with Crippen molar-refractivity contribution in [3.8, 4) is 0 Å². The number of hydrogen-bond acceptors (Lipinski definition) is 3. The van der Waals surface area contributed by atoms with Gasteiger partial charge in [0, 0.05) is 6.61 Å². The molecular formula is C9H18O3. The van der Waals surface area contributed by atoms with Gasteiger partial charge in [0.05, 0.1) is 12.7 Å². The molecule has 72 valence electrons. The van der Waals surface area contributed by atoms with Crippen molar-refractivity contribution in [1.29, 1.82) is 0 Å². The third kappa shape index (κ3) is 2.44. The van der Waals surface area contributed by atoms with E-state index in [9.17, 15) is 0 Å². The molecule has 1 unspecified atom stereocenters. The summed E-state index contributed by atoms with van der Waals surface area (Å²) in [6.07, 6.45) is 2.75. The summed E-state index contributed by atoms with van der Waals surface area (Å²) in [5.41, 5.74) is 0. The van der Waals surface area contributed by atoms with Crippen LogP contribution in [0.3, 0.4) is 0 Å². The van der Waals surface area contributed by atoms with E-state index in [0.717, 1.165) is 19.3 Å². The van der Waals surface area contributed by atoms with E-state index in [0.29, 0.717) is 6.61 Å². The molecule has 1 aliphatic rings. The van der Waals surface area contributed by atoms with Crippen molar-refractivity contribution >= 4 is 0 Å². The zero-order chi connectivity index (χ0) is 9.03. The third-order valence-corrected chi connectivity index (χ3v) is 2.32. The number of hydrogen-bond donors (Lipinski definition) is 1. The van der Waals surface area contributed by atoms with Gasteiger partial charge in [-0.05, 0) is 26.2 Å². The fraction of sp³-hybridized carbons (Fsp3) is 1.00. The van der Waals surface area contributed by atoms with E-state index in [4.69, 9.17) is 14.6 Å². The second-order valence-electron chi connectivity index (χ2n) is 3.40. The molecule has 3 heteroatoms. The van der Waals surface area contributed by atoms with Crippen LogP contribution in [0, 0.1) is 0 Å². The summed E-state index contributed by atoms with van der Waals surface area (Å²) in [6, 6.07) is 0. The highest BCUT2D eigenvalue weighted by Crippen LogP contribution is 2.27. The average Bonchev–Trinajstić information content (AvgIpc) is 2.45. The Morgan fingerprint density at radius 2 is 2.33 bits per heavy atom. The van der Waals surface area contributed by atoms with Crippen molar-refractivity contribution in [3.05, 3.63) is 0 Å². The molecule has 0 aromatic carbocycles. The molecular weight excluding hydrogens is 156 g/mol. The standard InChI is InChI=1S/C9H18O3/c1-3-9(2)11-7-8(12-9)5-4-6-10/h8,10H,3-7H2,1-2H3/t8-,9?/m0/s1. The van der Waals surface area contributed by atoms with Crippen molar-refractivity contribution in [1.82, 2.24) is 0 Å². The van der Waals surface area contributed by atoms with Crippen LogP contribution in [0.5, 0.6) is 0 Å². The van der Waals surface area contributed by atoms with Gasteiger partial charge in [-0.15, -0.1) is 0 Å². The maximum atomic E-state index is 8.62. The summed E-state index contributed by atoms with van der Waals surface area (Å²) in [5, 5.41) is 8.62. The van der Waals surface area contributed by atoms with Crippen LogP contribution in [0.2, 0.25) is 0 Å². The highest BCUT2D eigenvalue weighted by Gasteiger charge is 2.34. The molecule has 1 saturated heterocycles. The SMILES string of the molecule is CCC1(C)OC[C@H](CCCO)O1. The Hall–Kier alpha value is -0.120. The second-order valence-corrected chi connectivity index (χ2v) is 3.40. The van der Waals surface area contributed by atoms with E-state index in [-0.39, 0.29) is 18.5 Å². The topological polar surface area (TPSA) is 38.7 Å². The van der Waals surface area contributed by atoms with Crippen LogP contribution in [0.15, 0.2) is 0 Å². The summed E-state index contributed by atoms with van der Waals surface area (Å²) in [6.45, 7) is 4.92. The van der Waals surface area contributed by atoms with Crippen LogP contribution in [0.1, 0.15) is 33.1 Å². The van der Waals surface area contributed by atoms with E-state index in [1.165, 1.54) is 0 Å². The van der Waals surface area contributed by atoms with Gasteiger partial charge in [-0.25, -0.2) is 0 Å². The summed E-state index contributed by atoms with van der Waals surface area (Å²) >= 11 is 0. The van der Waals surface area contributed by atoms with Crippen LogP contribution in [-0.2, 0) is 9.47 Å². The number of aliphatic hydroxyl groups is 1. The summed E-state index contributed by atoms with van der Waals surface area (Å²) in [4.78, 5) is 0. The Balaban J connectivity index is 2.25. The van der Waals surface area contributed by atoms with Gasteiger partial charge in [0.25, 0.3) is 0 Å². The van der Waals surface area contributed by atoms with Crippen molar-refractivity contribution < 1.29 is 14.6 Å². The van der Waals surface area contributed by atoms with Crippen LogP contribution < -0.4 is 0 Å². The molecule has 0 bridgehead atoms. The molecule has 0 spiro atoms. The lowest BCUT2D eigenvalue weighted by Gasteiger charge is -2.20. The minimum absolute atomic E-state index is 0.182. The van der Waals surface area contributed by atoms with E-state index >= 15 is 0 Å². The van der Waals surface area contributed by atoms with Crippen LogP contribution in [0.4, 0.5) is 0 Å². The Morgan fingerprint density at radius 1 is 1.58 bits per heavy atom. The van der Waals surface area contributed by atoms with Crippen LogP contribution in [-0.4, -0.2) is 30.2 Å². The molecule has 1 aliphatic heterocycles. The van der Waals surface area contributed by atoms with Gasteiger partial charge in [-0.3, -0.25) is 0 Å². The van der Waals surface area contributed by atoms with Crippen LogP contribution >= 0.6 is 0 Å². The van der Waals surface area contributed by atoms with Crippen molar-refractivity contribution in [2.45, 2.75) is 45.0 Å². The molecule has 0 aliphatic carbocycles. The third-order valence-electron chi connectivity index (χ3n) is 2.32. The fourth-order valence-corrected chi connectivity index (χ4v) is 1.34. The molecule has 1 rings (SSSR count). The monoisotopic (exact) mass is 174 g/mol. The van der Waals surface area contributed by atoms with Gasteiger partial charge in [0.2, 0.25) is 0 Å². The van der Waals surface area contributed by atoms with Gasteiger partial charge in [-0.2, -0.15) is 0 Å². The molecule has 12 heavy (non-hydrogen) atoms. The lowest BCUT2D eigenvalue weighted by molar-refractivity contribution is -0.155. The summed E-state index contributed by atoms with van der Waals surface area (Å²) in [5.74, 6) is -0.375. The lowest BCUT2D eigenvalue weighted by Crippen LogP contribution is -2.25. The Labute approximate surface area is 73.7 Å². The van der Waals surface area contributed by atoms with Gasteiger partial charge < -0.3 is 14.6 Å². The van der Waals surface area contributed by atoms with Crippen LogP contribution in [0.25, 0.3) is 0 Å². The highest BCUT2D eigenvalue weighted by molar-refractivity contribution is 4.73. The maximum absolute atomic E-state index is 8.62. The molecule has 0 amide bonds. The Morgan fingerprint density at radius 3 is 2.83 bits per heavy atom. The van der Waals surface area contributed by atoms with Gasteiger partial charge in [0.15, 0.2) is 5.79 Å². The molecule has 0 radical (unpaired) electrons. The summed E-state index contributed by atoms with van der Waals surface area (Å²) < 4.78 is 11.2. The fourth-order valence-electron chi connectivity index (χ4n) is 1.34. The predicted octanol–water partition coefficient (Wildman–Crippen LogP) is 1.30. The number of rotatable bonds is 4. The predicted molar refractivity (Wildman–Crippen MR) is 45.8 cm³/mol. The lowest BCUT2D eigenvalue weighted by atomic mass is 10.2. The van der Waals surface area contributed by atoms with Gasteiger partial charge >= 0.3 is 0 Å². The van der Waals surface area contributed by atoms with Crippen molar-refractivity contribution in [2.75, 3.05) is 13.2 Å². The summed E-state index contributed by atoms with van der Waals surface area (Å²) in [7, 11) is 0. The Bertz CT molecular complexity index is 136. The first-order valence-corrected chi connectivity index (χ1v) is 4.63. The van der Waals surface area contributed by atoms with E-state index in [1.54, 1.807) is 0 Å². The Kier molecular flexibility index (Phi) is 3.50. The quantitative estimate of drug-likeness (QED) is 0.698. The second kappa shape index (κ2) is 4.21. The van der Waals surface area contributed by atoms with E-state index in [2.05, 4.69) is 6.92 Å². The molecule has 1 heterocycles. The molecule has 0 aromatic rings. The molecule has 2 atom stereocenters. The molecule has 3 nitrogen and oxygen atoms in total. The minimum atomic E-state index is -0.375. The number of aliphatic hydroxyl groups excluding tert-OH is 1. The number of ether oxygens (including phenoxy) is 2. The van der Waals surface area contributed by atoms with Crippen molar-refractivity contribution in [2.24, 2.45) is 0 Å². The zero-order valence-electron chi connectivity index (χ0n) is 7.88. The van der Waals surface area contributed by atoms with E-state index < -0.39 is 0 Å². The first-order valence-electron chi connectivity index (χ1n) is 4.63. The first-order chi connectivity index (χ1) is 5.70. The van der Waals surface area contributed by atoms with Gasteiger partial charge in [-0.1, -0.05) is 6.92 Å². The average molecular weight is 174 g/mol.